The first-order valence-corrected chi connectivity index (χ1v) is 1.16. The molecule has 0 aromatic heterocycles. The smallest absolute Gasteiger partial charge is 0.273 e. The van der Waals surface area contributed by atoms with Crippen LogP contribution in [0.3, 0.4) is 0 Å². The Morgan fingerprint density at radius 3 is 1.80 bits per heavy atom. The van der Waals surface area contributed by atoms with Gasteiger partial charge < -0.3 is 5.73 Å². The monoisotopic (exact) mass is 133 g/mol. The van der Waals surface area contributed by atoms with Crippen LogP contribution in [0.1, 0.15) is 0 Å². The van der Waals surface area contributed by atoms with Crippen LogP contribution in [0, 0.1) is 0 Å². The van der Waals surface area contributed by atoms with Gasteiger partial charge >= 0.3 is 0 Å². The third-order valence-electron chi connectivity index (χ3n) is 0. The van der Waals surface area contributed by atoms with Crippen molar-refractivity contribution in [2.75, 3.05) is 0 Å². The molecule has 32 valence electrons. The maximum absolute atomic E-state index is 9.09. The molecule has 0 saturated carbocycles. The normalized spacial score (nSPS) is 5.00. The minimum Gasteiger partial charge on any atom is -0.361 e. The minimum atomic E-state index is -0.639. The molecule has 2 N–H and O–H groups in total. The number of hydrogen-bond acceptors (Lipinski definition) is 1. The third-order valence-corrected chi connectivity index (χ3v) is 0. The average Bonchev–Trinajstić information content (AvgIpc) is 0.811. The van der Waals surface area contributed by atoms with Crippen molar-refractivity contribution >= 4 is 17.9 Å². The maximum Gasteiger partial charge on any atom is 0.273 e. The van der Waals surface area contributed by atoms with Crippen molar-refractivity contribution in [3.8, 4) is 0 Å². The number of carbonyl (C=O) groups is 1. The van der Waals surface area contributed by atoms with Crippen molar-refractivity contribution in [3.63, 3.8) is 0 Å². The Morgan fingerprint density at radius 2 is 1.80 bits per heavy atom. The predicted molar refractivity (Wildman–Crippen MR) is 18.6 cm³/mol. The number of rotatable bonds is 0. The van der Waals surface area contributed by atoms with Gasteiger partial charge in [-0.15, -0.1) is 0 Å². The van der Waals surface area contributed by atoms with Gasteiger partial charge in [-0.2, -0.15) is 0 Å². The van der Waals surface area contributed by atoms with Gasteiger partial charge in [0.2, 0.25) is 0 Å². The Balaban J connectivity index is 0. The van der Waals surface area contributed by atoms with Gasteiger partial charge in [-0.1, -0.05) is 12.6 Å². The van der Waals surface area contributed by atoms with Crippen molar-refractivity contribution in [2.24, 2.45) is 5.73 Å². The van der Waals surface area contributed by atoms with E-state index in [9.17, 15) is 0 Å². The third kappa shape index (κ3) is 206. The summed E-state index contributed by atoms with van der Waals surface area (Å²) in [6.45, 7) is 0. The van der Waals surface area contributed by atoms with Gasteiger partial charge in [0, 0.05) is 17.1 Å². The number of primary amides is 1. The number of amides is 1. The van der Waals surface area contributed by atoms with Crippen LogP contribution in [0.4, 0.5) is 4.79 Å². The quantitative estimate of drug-likeness (QED) is 0.354. The molecule has 2 nitrogen and oxygen atoms in total. The Hall–Kier alpha value is 0.339. The van der Waals surface area contributed by atoms with E-state index in [1.54, 1.807) is 0 Å². The summed E-state index contributed by atoms with van der Waals surface area (Å²) >= 11 is 3.10. The van der Waals surface area contributed by atoms with E-state index in [2.05, 4.69) is 18.4 Å². The molecule has 0 unspecified atom stereocenters. The van der Waals surface area contributed by atoms with Crippen molar-refractivity contribution in [1.82, 2.24) is 0 Å². The van der Waals surface area contributed by atoms with Crippen molar-refractivity contribution < 1.29 is 21.9 Å². The predicted octanol–water partition coefficient (Wildman–Crippen LogP) is -0.00760. The number of thiol groups is 1. The summed E-state index contributed by atoms with van der Waals surface area (Å²) in [5.41, 5.74) is 4.34. The molecule has 0 aliphatic rings. The first-order valence-electron chi connectivity index (χ1n) is 0.716. The SMILES string of the molecule is NC(=O)S.[Fe]. The van der Waals surface area contributed by atoms with E-state index in [0.717, 1.165) is 0 Å². The van der Waals surface area contributed by atoms with Crippen LogP contribution in [0.15, 0.2) is 0 Å². The van der Waals surface area contributed by atoms with Gasteiger partial charge in [0.05, 0.1) is 0 Å². The average molecular weight is 133 g/mol. The summed E-state index contributed by atoms with van der Waals surface area (Å²) in [4.78, 5) is 9.09. The molecule has 0 spiro atoms. The Bertz CT molecular complexity index is 34.6. The summed E-state index contributed by atoms with van der Waals surface area (Å²) in [5, 5.41) is -0.639. The molecule has 1 amide bonds. The first kappa shape index (κ1) is 9.02. The second kappa shape index (κ2) is 4.34. The minimum absolute atomic E-state index is 0. The fourth-order valence-corrected chi connectivity index (χ4v) is 0. The van der Waals surface area contributed by atoms with Crippen LogP contribution < -0.4 is 5.73 Å². The molecule has 0 saturated heterocycles. The summed E-state index contributed by atoms with van der Waals surface area (Å²) in [5.74, 6) is 0. The molecule has 0 aromatic rings. The second-order valence-electron chi connectivity index (χ2n) is 0.338. The fourth-order valence-electron chi connectivity index (χ4n) is 0. The van der Waals surface area contributed by atoms with E-state index >= 15 is 0 Å². The van der Waals surface area contributed by atoms with Crippen LogP contribution in [0.2, 0.25) is 0 Å². The van der Waals surface area contributed by atoms with E-state index in [1.807, 2.05) is 0 Å². The van der Waals surface area contributed by atoms with Crippen LogP contribution in [-0.2, 0) is 17.1 Å². The zero-order valence-corrected chi connectivity index (χ0v) is 4.28. The number of nitrogens with two attached hydrogens (primary N) is 1. The Kier molecular flexibility index (Phi) is 7.83. The largest absolute Gasteiger partial charge is 0.361 e. The van der Waals surface area contributed by atoms with E-state index in [0.29, 0.717) is 0 Å². The molecule has 0 radical (unpaired) electrons. The van der Waals surface area contributed by atoms with E-state index in [-0.39, 0.29) is 17.1 Å². The zero-order valence-electron chi connectivity index (χ0n) is 2.29. The van der Waals surface area contributed by atoms with Gasteiger partial charge in [0.1, 0.15) is 0 Å². The fraction of sp³-hybridized carbons (Fsp3) is 0. The molecule has 0 aliphatic heterocycles. The summed E-state index contributed by atoms with van der Waals surface area (Å²) in [6, 6.07) is 0. The van der Waals surface area contributed by atoms with Gasteiger partial charge in [0.25, 0.3) is 5.24 Å². The molecule has 0 bridgehead atoms. The molecule has 0 heterocycles. The molecule has 5 heavy (non-hydrogen) atoms. The second-order valence-corrected chi connectivity index (χ2v) is 0.779. The topological polar surface area (TPSA) is 43.1 Å². The summed E-state index contributed by atoms with van der Waals surface area (Å²) in [7, 11) is 0. The summed E-state index contributed by atoms with van der Waals surface area (Å²) < 4.78 is 0. The maximum atomic E-state index is 9.09. The molecule has 0 atom stereocenters. The van der Waals surface area contributed by atoms with Crippen molar-refractivity contribution in [2.45, 2.75) is 0 Å². The van der Waals surface area contributed by atoms with Crippen molar-refractivity contribution in [1.29, 1.82) is 0 Å². The Labute approximate surface area is 46.0 Å². The molecular formula is CH3FeNOS. The molecule has 4 heteroatoms. The van der Waals surface area contributed by atoms with Gasteiger partial charge in [-0.25, -0.2) is 0 Å². The van der Waals surface area contributed by atoms with Crippen LogP contribution >= 0.6 is 12.6 Å². The van der Waals surface area contributed by atoms with Crippen LogP contribution in [0.25, 0.3) is 0 Å². The Morgan fingerprint density at radius 1 is 1.80 bits per heavy atom. The zero-order chi connectivity index (χ0) is 3.58. The van der Waals surface area contributed by atoms with Crippen LogP contribution in [0.5, 0.6) is 0 Å². The van der Waals surface area contributed by atoms with Crippen LogP contribution in [-0.4, -0.2) is 5.24 Å². The molecule has 0 aromatic carbocycles. The van der Waals surface area contributed by atoms with Gasteiger partial charge in [-0.05, 0) is 0 Å². The molecule has 0 aliphatic carbocycles. The first-order chi connectivity index (χ1) is 1.73. The number of hydrogen-bond donors (Lipinski definition) is 2. The standard InChI is InChI=1S/CH3NOS.Fe/c2-1(3)4;/h(H3,2,3,4);. The van der Waals surface area contributed by atoms with E-state index in [4.69, 9.17) is 4.79 Å². The van der Waals surface area contributed by atoms with E-state index in [1.165, 1.54) is 0 Å². The number of carbonyl (C=O) groups excluding carboxylic acids is 1. The molecular weight excluding hydrogens is 130 g/mol. The van der Waals surface area contributed by atoms with Gasteiger partial charge in [0.15, 0.2) is 0 Å². The molecule has 0 rings (SSSR count). The molecule has 0 fully saturated rings. The van der Waals surface area contributed by atoms with Gasteiger partial charge in [-0.3, -0.25) is 4.79 Å². The van der Waals surface area contributed by atoms with Crippen molar-refractivity contribution in [3.05, 3.63) is 0 Å². The summed E-state index contributed by atoms with van der Waals surface area (Å²) in [6.07, 6.45) is 0. The van der Waals surface area contributed by atoms with E-state index < -0.39 is 5.24 Å².